The summed E-state index contributed by atoms with van der Waals surface area (Å²) in [6.07, 6.45) is 0. The minimum absolute atomic E-state index is 1.04. The number of hydrogen-bond acceptors (Lipinski definition) is 4. The molecule has 1 aliphatic carbocycles. The number of para-hydroxylation sites is 5. The van der Waals surface area contributed by atoms with E-state index in [1.54, 1.807) is 0 Å². The molecule has 0 unspecified atom stereocenters. The van der Waals surface area contributed by atoms with Crippen molar-refractivity contribution in [3.63, 3.8) is 0 Å². The van der Waals surface area contributed by atoms with Gasteiger partial charge in [0.2, 0.25) is 0 Å². The van der Waals surface area contributed by atoms with E-state index in [1.165, 1.54) is 42.4 Å². The van der Waals surface area contributed by atoms with Crippen LogP contribution in [0.3, 0.4) is 0 Å². The summed E-state index contributed by atoms with van der Waals surface area (Å²) in [5.41, 5.74) is 18.7. The molecule has 16 rings (SSSR count). The van der Waals surface area contributed by atoms with Crippen molar-refractivity contribution in [2.24, 2.45) is 0 Å². The van der Waals surface area contributed by atoms with Gasteiger partial charge in [-0.05, 0) is 237 Å². The molecule has 0 radical (unpaired) electrons. The Morgan fingerprint density at radius 1 is 0.187 bits per heavy atom. The van der Waals surface area contributed by atoms with Crippen molar-refractivity contribution in [3.05, 3.63) is 399 Å². The highest BCUT2D eigenvalue weighted by Crippen LogP contribution is 2.45. The Hall–Kier alpha value is -11.9. The molecule has 0 atom stereocenters. The molecule has 432 valence electrons. The van der Waals surface area contributed by atoms with Crippen LogP contribution in [0.25, 0.3) is 27.5 Å². The number of benzene rings is 14. The molecule has 1 aliphatic rings. The zero-order valence-corrected chi connectivity index (χ0v) is 50.6. The average molecular weight is 1170 g/mol. The van der Waals surface area contributed by atoms with Gasteiger partial charge in [0.25, 0.3) is 0 Å². The van der Waals surface area contributed by atoms with Gasteiger partial charge in [0, 0.05) is 84.7 Å². The van der Waals surface area contributed by atoms with Crippen LogP contribution in [-0.4, -0.2) is 4.57 Å². The van der Waals surface area contributed by atoms with Crippen molar-refractivity contribution in [2.75, 3.05) is 19.6 Å². The van der Waals surface area contributed by atoms with Crippen molar-refractivity contribution in [2.45, 2.75) is 13.8 Å². The van der Waals surface area contributed by atoms with Gasteiger partial charge in [-0.25, -0.2) is 0 Å². The highest BCUT2D eigenvalue weighted by molar-refractivity contribution is 6.12. The van der Waals surface area contributed by atoms with Gasteiger partial charge in [-0.1, -0.05) is 176 Å². The van der Waals surface area contributed by atoms with Gasteiger partial charge in [0.05, 0.1) is 11.0 Å². The number of nitrogens with zero attached hydrogens (tertiary/aromatic N) is 5. The molecule has 15 aromatic rings. The van der Waals surface area contributed by atoms with Gasteiger partial charge in [-0.3, -0.25) is 0 Å². The first-order valence-corrected chi connectivity index (χ1v) is 31.2. The molecule has 0 fully saturated rings. The predicted octanol–water partition coefficient (Wildman–Crippen LogP) is 22.7. The van der Waals surface area contributed by atoms with E-state index in [-0.39, 0.29) is 0 Å². The van der Waals surface area contributed by atoms with E-state index in [0.29, 0.717) is 0 Å². The summed E-state index contributed by atoms with van der Waals surface area (Å²) in [5, 5.41) is 11.8. The lowest BCUT2D eigenvalue weighted by Crippen LogP contribution is -2.11. The topological polar surface area (TPSA) is 17.9 Å². The molecular weight excluding hydrogens is 1100 g/mol. The largest absolute Gasteiger partial charge is 0.310 e. The van der Waals surface area contributed by atoms with E-state index in [2.05, 4.69) is 384 Å². The molecule has 91 heavy (non-hydrogen) atoms. The van der Waals surface area contributed by atoms with Gasteiger partial charge < -0.3 is 24.2 Å². The first-order chi connectivity index (χ1) is 45.0. The Morgan fingerprint density at radius 3 is 0.780 bits per heavy atom. The van der Waals surface area contributed by atoms with Crippen LogP contribution in [-0.2, 0) is 0 Å². The van der Waals surface area contributed by atoms with E-state index in [1.807, 2.05) is 0 Å². The van der Waals surface area contributed by atoms with Gasteiger partial charge in [0.1, 0.15) is 0 Å². The minimum Gasteiger partial charge on any atom is -0.310 e. The van der Waals surface area contributed by atoms with Crippen LogP contribution in [0.15, 0.2) is 346 Å². The van der Waals surface area contributed by atoms with Crippen molar-refractivity contribution >= 4 is 90.1 Å². The van der Waals surface area contributed by atoms with Crippen LogP contribution in [0, 0.1) is 55.6 Å². The number of hydrogen-bond donors (Lipinski definition) is 0. The van der Waals surface area contributed by atoms with E-state index in [0.717, 1.165) is 106 Å². The molecule has 0 bridgehead atoms. The summed E-state index contributed by atoms with van der Waals surface area (Å²) in [7, 11) is 0. The molecule has 5 heteroatoms. The third-order valence-corrected chi connectivity index (χ3v) is 17.7. The standard InChI is InChI=1S/C86H63N5/c1-60-24-22-36-69(54-60)89(65-32-14-6-15-33-65)73-48-52-85-83(58-73)84-59-74(90(66-34-16-7-17-35-66)70-37-23-25-61(2)55-70)49-53-86(84)91(85)68-44-42-67(43-45-68)88(64-30-12-5-13-31-64)72-47-51-80-78-41-21-19-39-76(78)75-38-18-20-40-77(75)79-50-46-71(56-81(79)82(80)57-72)87(62-26-8-3-9-27-62)63-28-10-4-11-29-63/h3-59H,1-2H3. The van der Waals surface area contributed by atoms with Crippen LogP contribution in [0.1, 0.15) is 11.1 Å². The van der Waals surface area contributed by atoms with E-state index >= 15 is 0 Å². The molecule has 1 aromatic heterocycles. The summed E-state index contributed by atoms with van der Waals surface area (Å²) in [4.78, 5) is 9.52. The van der Waals surface area contributed by atoms with Crippen molar-refractivity contribution in [1.29, 1.82) is 0 Å². The zero-order valence-electron chi connectivity index (χ0n) is 50.6. The summed E-state index contributed by atoms with van der Waals surface area (Å²) in [6, 6.07) is 126. The first-order valence-electron chi connectivity index (χ1n) is 31.2. The maximum Gasteiger partial charge on any atom is 0.0542 e. The minimum atomic E-state index is 1.04. The Morgan fingerprint density at radius 2 is 0.440 bits per heavy atom. The number of aromatic nitrogens is 1. The predicted molar refractivity (Wildman–Crippen MR) is 379 cm³/mol. The summed E-state index contributed by atoms with van der Waals surface area (Å²) >= 11 is 0. The van der Waals surface area contributed by atoms with Crippen molar-refractivity contribution < 1.29 is 0 Å². The number of anilines is 12. The number of fused-ring (bicyclic) bond motifs is 7. The Bertz CT molecular complexity index is 5440. The average Bonchev–Trinajstić information content (AvgIpc) is 1.77. The Balaban J connectivity index is 0.906. The molecule has 0 N–H and O–H groups in total. The highest BCUT2D eigenvalue weighted by atomic mass is 15.2. The second kappa shape index (κ2) is 23.3. The maximum absolute atomic E-state index is 2.44. The molecule has 0 amide bonds. The monoisotopic (exact) mass is 1170 g/mol. The summed E-state index contributed by atoms with van der Waals surface area (Å²) in [5.74, 6) is 0. The summed E-state index contributed by atoms with van der Waals surface area (Å²) in [6.45, 7) is 4.33. The number of rotatable bonds is 13. The first kappa shape index (κ1) is 54.5. The van der Waals surface area contributed by atoms with Crippen molar-refractivity contribution in [3.8, 4) is 5.69 Å². The molecule has 5 nitrogen and oxygen atoms in total. The zero-order chi connectivity index (χ0) is 60.8. The second-order valence-corrected chi connectivity index (χ2v) is 23.5. The number of aryl methyl sites for hydroxylation is 2. The molecule has 14 aromatic carbocycles. The second-order valence-electron chi connectivity index (χ2n) is 23.5. The van der Waals surface area contributed by atoms with Crippen LogP contribution >= 0.6 is 0 Å². The van der Waals surface area contributed by atoms with E-state index in [4.69, 9.17) is 0 Å². The molecule has 1 heterocycles. The molecule has 0 aliphatic heterocycles. The Kier molecular flexibility index (Phi) is 14.0. The third kappa shape index (κ3) is 10.0. The Labute approximate surface area is 529 Å². The van der Waals surface area contributed by atoms with Gasteiger partial charge in [-0.2, -0.15) is 0 Å². The quantitative estimate of drug-likeness (QED) is 0.114. The fourth-order valence-corrected chi connectivity index (χ4v) is 13.7. The fourth-order valence-electron chi connectivity index (χ4n) is 13.7. The normalized spacial score (nSPS) is 11.4. The fraction of sp³-hybridized carbons (Fsp3) is 0.0233. The molecular formula is C86H63N5. The smallest absolute Gasteiger partial charge is 0.0542 e. The molecule has 0 spiro atoms. The van der Waals surface area contributed by atoms with Gasteiger partial charge in [-0.15, -0.1) is 0 Å². The third-order valence-electron chi connectivity index (χ3n) is 17.7. The van der Waals surface area contributed by atoms with Crippen molar-refractivity contribution in [1.82, 2.24) is 4.57 Å². The maximum atomic E-state index is 2.44. The van der Waals surface area contributed by atoms with Crippen LogP contribution in [0.5, 0.6) is 0 Å². The lowest BCUT2D eigenvalue weighted by atomic mass is 10.0. The summed E-state index contributed by atoms with van der Waals surface area (Å²) < 4.78 is 2.44. The lowest BCUT2D eigenvalue weighted by molar-refractivity contribution is 1.17. The highest BCUT2D eigenvalue weighted by Gasteiger charge is 2.22. The lowest BCUT2D eigenvalue weighted by Gasteiger charge is -2.26. The van der Waals surface area contributed by atoms with E-state index in [9.17, 15) is 0 Å². The van der Waals surface area contributed by atoms with Gasteiger partial charge >= 0.3 is 0 Å². The van der Waals surface area contributed by atoms with Crippen LogP contribution in [0.4, 0.5) is 68.2 Å². The van der Waals surface area contributed by atoms with Gasteiger partial charge in [0.15, 0.2) is 0 Å². The SMILES string of the molecule is Cc1cccc(N(c2ccccc2)c2ccc3c(c2)c2cc(N(c4ccccc4)c4cccc(C)c4)ccc2n3-c2ccc(N(c3ccccc3)c3ccc4c(c3)=c3cc(N(c5ccccc5)c5ccccc5)ccc3=c3ccccc3=c3ccccc3=4)cc2)c1. The van der Waals surface area contributed by atoms with Crippen LogP contribution in [0.2, 0.25) is 0 Å². The van der Waals surface area contributed by atoms with Crippen LogP contribution < -0.4 is 19.6 Å². The molecule has 0 saturated heterocycles. The molecule has 0 saturated carbocycles. The van der Waals surface area contributed by atoms with E-state index < -0.39 is 0 Å².